The van der Waals surface area contributed by atoms with Gasteiger partial charge in [0.25, 0.3) is 5.91 Å². The number of ether oxygens (including phenoxy) is 1. The Hall–Kier alpha value is -1.69. The molecule has 0 aliphatic heterocycles. The Kier molecular flexibility index (Phi) is 5.95. The van der Waals surface area contributed by atoms with Crippen LogP contribution < -0.4 is 10.6 Å². The summed E-state index contributed by atoms with van der Waals surface area (Å²) in [7, 11) is 1.63. The molecule has 1 heterocycles. The molecular weight excluding hydrogens is 220 g/mol. The van der Waals surface area contributed by atoms with Crippen LogP contribution in [0.1, 0.15) is 23.8 Å². The zero-order valence-corrected chi connectivity index (χ0v) is 10.2. The molecule has 0 saturated carbocycles. The van der Waals surface area contributed by atoms with Crippen molar-refractivity contribution < 1.29 is 9.53 Å². The standard InChI is InChI=1S/C11H18N4O2/c1-3-4-13-11(16)9-7-10(15-8-14-9)12-5-6-17-2/h7-8H,3-6H2,1-2H3,(H,13,16)(H,12,14,15). The van der Waals surface area contributed by atoms with E-state index in [1.807, 2.05) is 6.92 Å². The summed E-state index contributed by atoms with van der Waals surface area (Å²) >= 11 is 0. The number of rotatable bonds is 7. The van der Waals surface area contributed by atoms with Gasteiger partial charge >= 0.3 is 0 Å². The van der Waals surface area contributed by atoms with Crippen molar-refractivity contribution in [3.63, 3.8) is 0 Å². The lowest BCUT2D eigenvalue weighted by Gasteiger charge is -2.06. The normalized spacial score (nSPS) is 10.0. The highest BCUT2D eigenvalue weighted by molar-refractivity contribution is 5.92. The van der Waals surface area contributed by atoms with Crippen LogP contribution in [-0.2, 0) is 4.74 Å². The van der Waals surface area contributed by atoms with E-state index in [9.17, 15) is 4.79 Å². The number of carbonyl (C=O) groups is 1. The summed E-state index contributed by atoms with van der Waals surface area (Å²) in [5, 5.41) is 5.80. The van der Waals surface area contributed by atoms with Crippen molar-refractivity contribution in [1.82, 2.24) is 15.3 Å². The van der Waals surface area contributed by atoms with Gasteiger partial charge in [-0.05, 0) is 6.42 Å². The van der Waals surface area contributed by atoms with E-state index in [4.69, 9.17) is 4.74 Å². The second-order valence-corrected chi connectivity index (χ2v) is 3.46. The lowest BCUT2D eigenvalue weighted by molar-refractivity contribution is 0.0948. The average Bonchev–Trinajstić information content (AvgIpc) is 2.36. The number of aromatic nitrogens is 2. The molecule has 17 heavy (non-hydrogen) atoms. The van der Waals surface area contributed by atoms with Gasteiger partial charge in [0, 0.05) is 26.3 Å². The molecule has 0 bridgehead atoms. The van der Waals surface area contributed by atoms with E-state index >= 15 is 0 Å². The van der Waals surface area contributed by atoms with Crippen LogP contribution in [0.15, 0.2) is 12.4 Å². The highest BCUT2D eigenvalue weighted by Crippen LogP contribution is 2.03. The molecule has 1 aromatic rings. The van der Waals surface area contributed by atoms with E-state index in [-0.39, 0.29) is 5.91 Å². The predicted molar refractivity (Wildman–Crippen MR) is 65.0 cm³/mol. The topological polar surface area (TPSA) is 76.1 Å². The maximum atomic E-state index is 11.6. The fraction of sp³-hybridized carbons (Fsp3) is 0.545. The molecule has 0 radical (unpaired) electrons. The summed E-state index contributed by atoms with van der Waals surface area (Å²) in [5.74, 6) is 0.447. The number of anilines is 1. The van der Waals surface area contributed by atoms with Gasteiger partial charge in [0.1, 0.15) is 17.8 Å². The van der Waals surface area contributed by atoms with Gasteiger partial charge in [-0.2, -0.15) is 0 Å². The van der Waals surface area contributed by atoms with Crippen LogP contribution in [0.2, 0.25) is 0 Å². The molecule has 0 unspecified atom stereocenters. The Morgan fingerprint density at radius 1 is 1.41 bits per heavy atom. The molecule has 0 spiro atoms. The quantitative estimate of drug-likeness (QED) is 0.683. The molecular formula is C11H18N4O2. The lowest BCUT2D eigenvalue weighted by Crippen LogP contribution is -2.25. The second-order valence-electron chi connectivity index (χ2n) is 3.46. The first-order chi connectivity index (χ1) is 8.27. The van der Waals surface area contributed by atoms with E-state index in [1.165, 1.54) is 6.33 Å². The van der Waals surface area contributed by atoms with E-state index < -0.39 is 0 Å². The Morgan fingerprint density at radius 3 is 2.94 bits per heavy atom. The molecule has 6 nitrogen and oxygen atoms in total. The molecule has 94 valence electrons. The Morgan fingerprint density at radius 2 is 2.24 bits per heavy atom. The van der Waals surface area contributed by atoms with Gasteiger partial charge in [0.05, 0.1) is 6.61 Å². The molecule has 0 aromatic carbocycles. The van der Waals surface area contributed by atoms with Crippen molar-refractivity contribution in [3.05, 3.63) is 18.1 Å². The van der Waals surface area contributed by atoms with E-state index in [2.05, 4.69) is 20.6 Å². The molecule has 0 atom stereocenters. The van der Waals surface area contributed by atoms with Crippen molar-refractivity contribution in [3.8, 4) is 0 Å². The third kappa shape index (κ3) is 4.78. The SMILES string of the molecule is CCCNC(=O)c1cc(NCCOC)ncn1. The van der Waals surface area contributed by atoms with Gasteiger partial charge in [-0.15, -0.1) is 0 Å². The number of carbonyl (C=O) groups excluding carboxylic acids is 1. The average molecular weight is 238 g/mol. The van der Waals surface area contributed by atoms with E-state index in [0.29, 0.717) is 31.2 Å². The van der Waals surface area contributed by atoms with Crippen molar-refractivity contribution in [2.75, 3.05) is 32.1 Å². The van der Waals surface area contributed by atoms with Gasteiger partial charge in [0.2, 0.25) is 0 Å². The van der Waals surface area contributed by atoms with Gasteiger partial charge < -0.3 is 15.4 Å². The summed E-state index contributed by atoms with van der Waals surface area (Å²) in [6.45, 7) is 3.87. The van der Waals surface area contributed by atoms with Crippen LogP contribution in [0.4, 0.5) is 5.82 Å². The highest BCUT2D eigenvalue weighted by atomic mass is 16.5. The summed E-state index contributed by atoms with van der Waals surface area (Å²) in [6.07, 6.45) is 2.27. The first kappa shape index (κ1) is 13.4. The smallest absolute Gasteiger partial charge is 0.270 e. The molecule has 0 fully saturated rings. The monoisotopic (exact) mass is 238 g/mol. The minimum absolute atomic E-state index is 0.177. The number of hydrogen-bond acceptors (Lipinski definition) is 5. The fourth-order valence-corrected chi connectivity index (χ4v) is 1.19. The van der Waals surface area contributed by atoms with Crippen LogP contribution in [-0.4, -0.2) is 42.7 Å². The molecule has 1 aromatic heterocycles. The zero-order chi connectivity index (χ0) is 12.5. The number of amides is 1. The zero-order valence-electron chi connectivity index (χ0n) is 10.2. The molecule has 1 rings (SSSR count). The summed E-state index contributed by atoms with van der Waals surface area (Å²) < 4.78 is 4.91. The third-order valence-corrected chi connectivity index (χ3v) is 2.05. The van der Waals surface area contributed by atoms with Crippen LogP contribution >= 0.6 is 0 Å². The Balaban J connectivity index is 2.55. The Labute approximate surface area is 101 Å². The summed E-state index contributed by atoms with van der Waals surface area (Å²) in [5.41, 5.74) is 0.369. The van der Waals surface area contributed by atoms with Crippen LogP contribution in [0, 0.1) is 0 Å². The van der Waals surface area contributed by atoms with Gasteiger partial charge in [0.15, 0.2) is 0 Å². The molecule has 2 N–H and O–H groups in total. The largest absolute Gasteiger partial charge is 0.383 e. The maximum Gasteiger partial charge on any atom is 0.270 e. The Bertz CT molecular complexity index is 357. The van der Waals surface area contributed by atoms with Crippen molar-refractivity contribution in [1.29, 1.82) is 0 Å². The summed E-state index contributed by atoms with van der Waals surface area (Å²) in [4.78, 5) is 19.6. The predicted octanol–water partition coefficient (Wildman–Crippen LogP) is 0.675. The van der Waals surface area contributed by atoms with Crippen LogP contribution in [0.5, 0.6) is 0 Å². The highest BCUT2D eigenvalue weighted by Gasteiger charge is 2.07. The number of nitrogens with zero attached hydrogens (tertiary/aromatic N) is 2. The molecule has 0 aliphatic rings. The first-order valence-corrected chi connectivity index (χ1v) is 5.61. The van der Waals surface area contributed by atoms with Crippen molar-refractivity contribution >= 4 is 11.7 Å². The van der Waals surface area contributed by atoms with Crippen molar-refractivity contribution in [2.45, 2.75) is 13.3 Å². The molecule has 0 aliphatic carbocycles. The number of nitrogens with one attached hydrogen (secondary N) is 2. The summed E-state index contributed by atoms with van der Waals surface area (Å²) in [6, 6.07) is 1.63. The molecule has 1 amide bonds. The first-order valence-electron chi connectivity index (χ1n) is 5.61. The van der Waals surface area contributed by atoms with Crippen molar-refractivity contribution in [2.24, 2.45) is 0 Å². The maximum absolute atomic E-state index is 11.6. The van der Waals surface area contributed by atoms with Gasteiger partial charge in [-0.25, -0.2) is 9.97 Å². The van der Waals surface area contributed by atoms with Gasteiger partial charge in [-0.1, -0.05) is 6.92 Å². The van der Waals surface area contributed by atoms with E-state index in [1.54, 1.807) is 13.2 Å². The third-order valence-electron chi connectivity index (χ3n) is 2.05. The molecule has 0 saturated heterocycles. The van der Waals surface area contributed by atoms with E-state index in [0.717, 1.165) is 6.42 Å². The van der Waals surface area contributed by atoms with Crippen LogP contribution in [0.3, 0.4) is 0 Å². The number of methoxy groups -OCH3 is 1. The minimum atomic E-state index is -0.177. The lowest BCUT2D eigenvalue weighted by atomic mass is 10.3. The second kappa shape index (κ2) is 7.56. The molecule has 6 heteroatoms. The number of hydrogen-bond donors (Lipinski definition) is 2. The van der Waals surface area contributed by atoms with Crippen LogP contribution in [0.25, 0.3) is 0 Å². The fourth-order valence-electron chi connectivity index (χ4n) is 1.19. The van der Waals surface area contributed by atoms with Gasteiger partial charge in [-0.3, -0.25) is 4.79 Å². The minimum Gasteiger partial charge on any atom is -0.383 e.